The Morgan fingerprint density at radius 2 is 1.90 bits per heavy atom. The van der Waals surface area contributed by atoms with E-state index in [1.165, 1.54) is 0 Å². The van der Waals surface area contributed by atoms with Crippen LogP contribution in [0.2, 0.25) is 0 Å². The van der Waals surface area contributed by atoms with E-state index in [1.807, 2.05) is 16.8 Å². The zero-order chi connectivity index (χ0) is 21.1. The van der Waals surface area contributed by atoms with Crippen LogP contribution >= 0.6 is 0 Å². The van der Waals surface area contributed by atoms with Crippen molar-refractivity contribution in [1.29, 1.82) is 0 Å². The van der Waals surface area contributed by atoms with Gasteiger partial charge in [0, 0.05) is 11.4 Å². The highest BCUT2D eigenvalue weighted by Crippen LogP contribution is 2.20. The van der Waals surface area contributed by atoms with Crippen LogP contribution in [0.5, 0.6) is 0 Å². The molecular formula is C20H17F3N2O4. The maximum atomic E-state index is 13.6. The minimum absolute atomic E-state index is 0.265. The van der Waals surface area contributed by atoms with E-state index in [-0.39, 0.29) is 5.56 Å². The smallest absolute Gasteiger partial charge is 0.340 e. The molecule has 0 saturated heterocycles. The highest BCUT2D eigenvalue weighted by atomic mass is 19.2. The van der Waals surface area contributed by atoms with Crippen LogP contribution < -0.4 is 5.32 Å². The number of carbonyl (C=O) groups is 2. The molecule has 0 saturated carbocycles. The Bertz CT molecular complexity index is 1060. The summed E-state index contributed by atoms with van der Waals surface area (Å²) in [6, 6.07) is 6.73. The van der Waals surface area contributed by atoms with Crippen molar-refractivity contribution in [2.45, 2.75) is 20.4 Å². The Kier molecular flexibility index (Phi) is 5.76. The van der Waals surface area contributed by atoms with Gasteiger partial charge in [0.25, 0.3) is 5.91 Å². The Hall–Kier alpha value is -3.49. The number of anilines is 1. The number of ether oxygens (including phenoxy) is 1. The lowest BCUT2D eigenvalue weighted by Gasteiger charge is -2.09. The van der Waals surface area contributed by atoms with E-state index in [1.54, 1.807) is 31.4 Å². The molecule has 6 nitrogen and oxygen atoms in total. The maximum absolute atomic E-state index is 13.6. The molecule has 2 aromatic heterocycles. The van der Waals surface area contributed by atoms with Crippen LogP contribution in [-0.2, 0) is 16.1 Å². The second-order valence-electron chi connectivity index (χ2n) is 6.30. The fourth-order valence-electron chi connectivity index (χ4n) is 2.83. The molecule has 3 aromatic rings. The van der Waals surface area contributed by atoms with Crippen LogP contribution in [0.15, 0.2) is 41.0 Å². The van der Waals surface area contributed by atoms with E-state index in [9.17, 15) is 22.8 Å². The van der Waals surface area contributed by atoms with Crippen molar-refractivity contribution in [1.82, 2.24) is 4.57 Å². The number of hydrogen-bond acceptors (Lipinski definition) is 4. The summed E-state index contributed by atoms with van der Waals surface area (Å²) in [6.07, 6.45) is 1.55. The minimum atomic E-state index is -1.70. The zero-order valence-corrected chi connectivity index (χ0v) is 15.6. The van der Waals surface area contributed by atoms with Crippen LogP contribution in [0, 0.1) is 31.3 Å². The Balaban J connectivity index is 1.64. The first-order valence-electron chi connectivity index (χ1n) is 8.57. The number of aryl methyl sites for hydroxylation is 1. The number of nitrogens with zero attached hydrogens (tertiary/aromatic N) is 1. The summed E-state index contributed by atoms with van der Waals surface area (Å²) in [5.74, 6) is -5.55. The van der Waals surface area contributed by atoms with Gasteiger partial charge < -0.3 is 19.0 Å². The third-order valence-electron chi connectivity index (χ3n) is 4.33. The molecule has 0 spiro atoms. The lowest BCUT2D eigenvalue weighted by molar-refractivity contribution is -0.119. The highest BCUT2D eigenvalue weighted by molar-refractivity contribution is 5.96. The van der Waals surface area contributed by atoms with Gasteiger partial charge in [-0.2, -0.15) is 0 Å². The Morgan fingerprint density at radius 3 is 2.59 bits per heavy atom. The van der Waals surface area contributed by atoms with Crippen molar-refractivity contribution in [3.05, 3.63) is 76.8 Å². The number of carbonyl (C=O) groups excluding carboxylic acids is 2. The first-order chi connectivity index (χ1) is 13.8. The van der Waals surface area contributed by atoms with Gasteiger partial charge in [-0.3, -0.25) is 4.79 Å². The fraction of sp³-hybridized carbons (Fsp3) is 0.200. The molecule has 0 unspecified atom stereocenters. The molecule has 0 bridgehead atoms. The summed E-state index contributed by atoms with van der Waals surface area (Å²) >= 11 is 0. The van der Waals surface area contributed by atoms with Gasteiger partial charge in [0.1, 0.15) is 5.76 Å². The standard InChI is InChI=1S/C20H17F3N2O4/c1-11-8-14(12(2)25(11)9-13-4-3-7-28-13)20(27)29-10-17(26)24-16-6-5-15(21)18(22)19(16)23/h3-8H,9-10H2,1-2H3,(H,24,26). The molecule has 0 aliphatic rings. The molecule has 2 heterocycles. The van der Waals surface area contributed by atoms with Crippen molar-refractivity contribution in [2.75, 3.05) is 11.9 Å². The van der Waals surface area contributed by atoms with Crippen molar-refractivity contribution in [3.63, 3.8) is 0 Å². The number of amides is 1. The molecule has 0 aliphatic carbocycles. The second kappa shape index (κ2) is 8.26. The molecule has 0 radical (unpaired) electrons. The average Bonchev–Trinajstić information content (AvgIpc) is 3.30. The summed E-state index contributed by atoms with van der Waals surface area (Å²) in [4.78, 5) is 24.2. The third kappa shape index (κ3) is 4.34. The van der Waals surface area contributed by atoms with Gasteiger partial charge in [0.05, 0.1) is 24.1 Å². The summed E-state index contributed by atoms with van der Waals surface area (Å²) in [5.41, 5.74) is 1.12. The predicted molar refractivity (Wildman–Crippen MR) is 96.9 cm³/mol. The lowest BCUT2D eigenvalue weighted by Crippen LogP contribution is -2.22. The van der Waals surface area contributed by atoms with Gasteiger partial charge in [-0.1, -0.05) is 0 Å². The van der Waals surface area contributed by atoms with E-state index in [2.05, 4.69) is 0 Å². The van der Waals surface area contributed by atoms with Gasteiger partial charge in [0.15, 0.2) is 24.1 Å². The van der Waals surface area contributed by atoms with E-state index in [4.69, 9.17) is 9.15 Å². The molecule has 9 heteroatoms. The molecule has 0 aliphatic heterocycles. The fourth-order valence-corrected chi connectivity index (χ4v) is 2.83. The lowest BCUT2D eigenvalue weighted by atomic mass is 10.2. The van der Waals surface area contributed by atoms with E-state index in [0.717, 1.165) is 11.8 Å². The molecule has 0 fully saturated rings. The van der Waals surface area contributed by atoms with Crippen LogP contribution in [0.1, 0.15) is 27.5 Å². The number of benzene rings is 1. The third-order valence-corrected chi connectivity index (χ3v) is 4.33. The average molecular weight is 406 g/mol. The number of nitrogens with one attached hydrogen (secondary N) is 1. The summed E-state index contributed by atoms with van der Waals surface area (Å²) in [5, 5.41) is 2.03. The largest absolute Gasteiger partial charge is 0.467 e. The SMILES string of the molecule is Cc1cc(C(=O)OCC(=O)Nc2ccc(F)c(F)c2F)c(C)n1Cc1ccco1. The van der Waals surface area contributed by atoms with Crippen LogP contribution in [-0.4, -0.2) is 23.1 Å². The monoisotopic (exact) mass is 406 g/mol. The minimum Gasteiger partial charge on any atom is -0.467 e. The van der Waals surface area contributed by atoms with Crippen molar-refractivity contribution < 1.29 is 31.9 Å². The number of halogens is 3. The highest BCUT2D eigenvalue weighted by Gasteiger charge is 2.20. The molecule has 1 N–H and O–H groups in total. The predicted octanol–water partition coefficient (Wildman–Crippen LogP) is 3.96. The zero-order valence-electron chi connectivity index (χ0n) is 15.6. The summed E-state index contributed by atoms with van der Waals surface area (Å²) in [7, 11) is 0. The van der Waals surface area contributed by atoms with Gasteiger partial charge >= 0.3 is 5.97 Å². The molecule has 0 atom stereocenters. The number of esters is 1. The van der Waals surface area contributed by atoms with Crippen molar-refractivity contribution in [3.8, 4) is 0 Å². The molecule has 1 amide bonds. The molecule has 29 heavy (non-hydrogen) atoms. The van der Waals surface area contributed by atoms with Gasteiger partial charge in [-0.15, -0.1) is 0 Å². The van der Waals surface area contributed by atoms with Gasteiger partial charge in [-0.05, 0) is 44.2 Å². The molecule has 3 rings (SSSR count). The van der Waals surface area contributed by atoms with Crippen molar-refractivity contribution >= 4 is 17.6 Å². The normalized spacial score (nSPS) is 10.8. The van der Waals surface area contributed by atoms with Crippen LogP contribution in [0.25, 0.3) is 0 Å². The summed E-state index contributed by atoms with van der Waals surface area (Å²) in [6.45, 7) is 3.24. The Morgan fingerprint density at radius 1 is 1.14 bits per heavy atom. The Labute approximate surface area is 163 Å². The van der Waals surface area contributed by atoms with Crippen molar-refractivity contribution in [2.24, 2.45) is 0 Å². The second-order valence-corrected chi connectivity index (χ2v) is 6.30. The van der Waals surface area contributed by atoms with Crippen LogP contribution in [0.3, 0.4) is 0 Å². The quantitative estimate of drug-likeness (QED) is 0.497. The molecule has 1 aromatic carbocycles. The first-order valence-corrected chi connectivity index (χ1v) is 8.57. The number of rotatable bonds is 6. The number of aromatic nitrogens is 1. The summed E-state index contributed by atoms with van der Waals surface area (Å²) < 4.78 is 51.8. The first kappa shape index (κ1) is 20.2. The maximum Gasteiger partial charge on any atom is 0.340 e. The van der Waals surface area contributed by atoms with E-state index in [0.29, 0.717) is 24.1 Å². The van der Waals surface area contributed by atoms with E-state index < -0.39 is 41.6 Å². The van der Waals surface area contributed by atoms with Crippen LogP contribution in [0.4, 0.5) is 18.9 Å². The van der Waals surface area contributed by atoms with Gasteiger partial charge in [0.2, 0.25) is 0 Å². The van der Waals surface area contributed by atoms with E-state index >= 15 is 0 Å². The number of hydrogen-bond donors (Lipinski definition) is 1. The number of furan rings is 1. The molecule has 152 valence electrons. The topological polar surface area (TPSA) is 73.5 Å². The molecular weight excluding hydrogens is 389 g/mol. The van der Waals surface area contributed by atoms with Gasteiger partial charge in [-0.25, -0.2) is 18.0 Å².